The highest BCUT2D eigenvalue weighted by molar-refractivity contribution is 5.32. The molecule has 1 saturated heterocycles. The molecule has 0 saturated carbocycles. The van der Waals surface area contributed by atoms with Crippen molar-refractivity contribution in [2.75, 3.05) is 6.54 Å². The van der Waals surface area contributed by atoms with E-state index in [1.54, 1.807) is 6.33 Å². The highest BCUT2D eigenvalue weighted by atomic mass is 16.5. The summed E-state index contributed by atoms with van der Waals surface area (Å²) in [7, 11) is 0. The van der Waals surface area contributed by atoms with Gasteiger partial charge in [0.05, 0.1) is 6.10 Å². The molecule has 18 heavy (non-hydrogen) atoms. The Bertz CT molecular complexity index is 511. The van der Waals surface area contributed by atoms with Crippen molar-refractivity contribution in [3.63, 3.8) is 0 Å². The van der Waals surface area contributed by atoms with Crippen LogP contribution < -0.4 is 5.73 Å². The molecular formula is C13H16N4O. The first-order valence-electron chi connectivity index (χ1n) is 6.19. The van der Waals surface area contributed by atoms with Gasteiger partial charge in [0.1, 0.15) is 12.4 Å². The number of ether oxygens (including phenoxy) is 1. The van der Waals surface area contributed by atoms with E-state index in [2.05, 4.69) is 10.2 Å². The predicted octanol–water partition coefficient (Wildman–Crippen LogP) is 1.45. The van der Waals surface area contributed by atoms with Crippen LogP contribution in [0.4, 0.5) is 0 Å². The third-order valence-electron chi connectivity index (χ3n) is 3.27. The van der Waals surface area contributed by atoms with Crippen LogP contribution in [-0.2, 0) is 4.74 Å². The van der Waals surface area contributed by atoms with Crippen LogP contribution in [0.2, 0.25) is 0 Å². The van der Waals surface area contributed by atoms with Gasteiger partial charge in [0, 0.05) is 12.2 Å². The van der Waals surface area contributed by atoms with Crippen molar-refractivity contribution in [3.8, 4) is 5.69 Å². The number of rotatable bonds is 3. The summed E-state index contributed by atoms with van der Waals surface area (Å²) in [6.45, 7) is 0.565. The quantitative estimate of drug-likeness (QED) is 0.887. The average Bonchev–Trinajstić information content (AvgIpc) is 3.08. The molecule has 2 N–H and O–H groups in total. The van der Waals surface area contributed by atoms with Gasteiger partial charge in [-0.2, -0.15) is 0 Å². The Morgan fingerprint density at radius 3 is 2.83 bits per heavy atom. The highest BCUT2D eigenvalue weighted by Gasteiger charge is 2.29. The zero-order chi connectivity index (χ0) is 12.4. The lowest BCUT2D eigenvalue weighted by atomic mass is 10.2. The molecule has 2 atom stereocenters. The summed E-state index contributed by atoms with van der Waals surface area (Å²) in [5.41, 5.74) is 6.68. The minimum atomic E-state index is 0.00116. The molecule has 1 fully saturated rings. The van der Waals surface area contributed by atoms with E-state index < -0.39 is 0 Å². The van der Waals surface area contributed by atoms with Gasteiger partial charge in [0.25, 0.3) is 0 Å². The number of hydrogen-bond donors (Lipinski definition) is 1. The second kappa shape index (κ2) is 4.88. The van der Waals surface area contributed by atoms with Gasteiger partial charge in [-0.15, -0.1) is 10.2 Å². The van der Waals surface area contributed by atoms with Crippen molar-refractivity contribution in [2.45, 2.75) is 25.0 Å². The van der Waals surface area contributed by atoms with E-state index in [1.807, 2.05) is 34.9 Å². The molecule has 1 aromatic heterocycles. The van der Waals surface area contributed by atoms with Gasteiger partial charge in [-0.25, -0.2) is 0 Å². The largest absolute Gasteiger partial charge is 0.366 e. The van der Waals surface area contributed by atoms with Gasteiger partial charge in [-0.05, 0) is 25.0 Å². The summed E-state index contributed by atoms with van der Waals surface area (Å²) in [5.74, 6) is 0.858. The number of nitrogens with zero attached hydrogens (tertiary/aromatic N) is 3. The third-order valence-corrected chi connectivity index (χ3v) is 3.27. The molecule has 2 unspecified atom stereocenters. The number of hydrogen-bond acceptors (Lipinski definition) is 4. The summed E-state index contributed by atoms with van der Waals surface area (Å²) in [6.07, 6.45) is 3.82. The average molecular weight is 244 g/mol. The molecule has 5 nitrogen and oxygen atoms in total. The maximum absolute atomic E-state index is 5.87. The number of para-hydroxylation sites is 1. The van der Waals surface area contributed by atoms with E-state index in [0.29, 0.717) is 6.54 Å². The van der Waals surface area contributed by atoms with E-state index in [9.17, 15) is 0 Å². The fourth-order valence-electron chi connectivity index (χ4n) is 2.32. The highest BCUT2D eigenvalue weighted by Crippen LogP contribution is 2.31. The van der Waals surface area contributed by atoms with Crippen molar-refractivity contribution in [1.29, 1.82) is 0 Å². The Kier molecular flexibility index (Phi) is 3.08. The van der Waals surface area contributed by atoms with Crippen molar-refractivity contribution in [2.24, 2.45) is 5.73 Å². The molecule has 1 aliphatic heterocycles. The van der Waals surface area contributed by atoms with Crippen LogP contribution in [0.5, 0.6) is 0 Å². The Labute approximate surface area is 106 Å². The van der Waals surface area contributed by atoms with Crippen LogP contribution in [0, 0.1) is 0 Å². The summed E-state index contributed by atoms with van der Waals surface area (Å²) in [4.78, 5) is 0. The van der Waals surface area contributed by atoms with E-state index in [-0.39, 0.29) is 12.2 Å². The summed E-state index contributed by atoms with van der Waals surface area (Å²) < 4.78 is 7.84. The number of aromatic nitrogens is 3. The lowest BCUT2D eigenvalue weighted by Crippen LogP contribution is -2.19. The minimum Gasteiger partial charge on any atom is -0.366 e. The van der Waals surface area contributed by atoms with Gasteiger partial charge in [-0.3, -0.25) is 4.57 Å². The summed E-state index contributed by atoms with van der Waals surface area (Å²) in [6, 6.07) is 10.0. The molecule has 0 amide bonds. The zero-order valence-electron chi connectivity index (χ0n) is 10.1. The Morgan fingerprint density at radius 1 is 1.28 bits per heavy atom. The smallest absolute Gasteiger partial charge is 0.166 e. The van der Waals surface area contributed by atoms with Gasteiger partial charge in [0.15, 0.2) is 5.82 Å². The van der Waals surface area contributed by atoms with Crippen LogP contribution in [0.1, 0.15) is 24.8 Å². The molecular weight excluding hydrogens is 228 g/mol. The van der Waals surface area contributed by atoms with Crippen molar-refractivity contribution in [1.82, 2.24) is 14.8 Å². The SMILES string of the molecule is NCC1CCC(c2nncn2-c2ccccc2)O1. The van der Waals surface area contributed by atoms with Gasteiger partial charge in [-0.1, -0.05) is 18.2 Å². The second-order valence-corrected chi connectivity index (χ2v) is 4.45. The molecule has 94 valence electrons. The monoisotopic (exact) mass is 244 g/mol. The topological polar surface area (TPSA) is 66.0 Å². The van der Waals surface area contributed by atoms with Gasteiger partial charge in [0.2, 0.25) is 0 Å². The second-order valence-electron chi connectivity index (χ2n) is 4.45. The van der Waals surface area contributed by atoms with Crippen molar-refractivity contribution in [3.05, 3.63) is 42.5 Å². The lowest BCUT2D eigenvalue weighted by molar-refractivity contribution is 0.0438. The fourth-order valence-corrected chi connectivity index (χ4v) is 2.32. The molecule has 0 bridgehead atoms. The fraction of sp³-hybridized carbons (Fsp3) is 0.385. The molecule has 3 rings (SSSR count). The zero-order valence-corrected chi connectivity index (χ0v) is 10.1. The van der Waals surface area contributed by atoms with Crippen LogP contribution in [0.3, 0.4) is 0 Å². The number of nitrogens with two attached hydrogens (primary N) is 1. The maximum atomic E-state index is 5.87. The number of benzene rings is 1. The van der Waals surface area contributed by atoms with Crippen molar-refractivity contribution >= 4 is 0 Å². The summed E-state index contributed by atoms with van der Waals surface area (Å²) >= 11 is 0. The first-order valence-corrected chi connectivity index (χ1v) is 6.19. The van der Waals surface area contributed by atoms with Crippen LogP contribution in [0.25, 0.3) is 5.69 Å². The molecule has 2 heterocycles. The maximum Gasteiger partial charge on any atom is 0.166 e. The first kappa shape index (κ1) is 11.4. The van der Waals surface area contributed by atoms with Crippen LogP contribution in [0.15, 0.2) is 36.7 Å². The standard InChI is InChI=1S/C13H16N4O/c14-8-11-6-7-12(18-11)13-16-15-9-17(13)10-4-2-1-3-5-10/h1-5,9,11-12H,6-8,14H2. The minimum absolute atomic E-state index is 0.00116. The Morgan fingerprint density at radius 2 is 2.11 bits per heavy atom. The Balaban J connectivity index is 1.89. The van der Waals surface area contributed by atoms with Crippen molar-refractivity contribution < 1.29 is 4.74 Å². The van der Waals surface area contributed by atoms with E-state index >= 15 is 0 Å². The predicted molar refractivity (Wildman–Crippen MR) is 67.3 cm³/mol. The molecule has 0 aliphatic carbocycles. The molecule has 2 aromatic rings. The molecule has 5 heteroatoms. The van der Waals surface area contributed by atoms with E-state index in [4.69, 9.17) is 10.5 Å². The van der Waals surface area contributed by atoms with Gasteiger partial charge >= 0.3 is 0 Å². The lowest BCUT2D eigenvalue weighted by Gasteiger charge is -2.13. The third kappa shape index (κ3) is 2.02. The van der Waals surface area contributed by atoms with Crippen LogP contribution >= 0.6 is 0 Å². The first-order chi connectivity index (χ1) is 8.88. The molecule has 0 radical (unpaired) electrons. The summed E-state index contributed by atoms with van der Waals surface area (Å²) in [5, 5.41) is 8.19. The van der Waals surface area contributed by atoms with E-state index in [0.717, 1.165) is 24.4 Å². The molecule has 1 aliphatic rings. The molecule has 0 spiro atoms. The van der Waals surface area contributed by atoms with E-state index in [1.165, 1.54) is 0 Å². The van der Waals surface area contributed by atoms with Gasteiger partial charge < -0.3 is 10.5 Å². The normalized spacial score (nSPS) is 23.4. The van der Waals surface area contributed by atoms with Crippen LogP contribution in [-0.4, -0.2) is 27.4 Å². The Hall–Kier alpha value is -1.72. The molecule has 1 aromatic carbocycles.